The van der Waals surface area contributed by atoms with Gasteiger partial charge in [-0.05, 0) is 43.2 Å². The first kappa shape index (κ1) is 19.0. The number of nitrogens with zero attached hydrogens (tertiary/aromatic N) is 3. The average molecular weight is 383 g/mol. The predicted molar refractivity (Wildman–Crippen MR) is 110 cm³/mol. The number of aromatic nitrogens is 2. The number of rotatable bonds is 6. The van der Waals surface area contributed by atoms with Gasteiger partial charge in [0.05, 0.1) is 17.3 Å². The lowest BCUT2D eigenvalue weighted by Crippen LogP contribution is -2.18. The van der Waals surface area contributed by atoms with E-state index in [9.17, 15) is 0 Å². The molecule has 0 aliphatic rings. The zero-order chi connectivity index (χ0) is 19.4. The van der Waals surface area contributed by atoms with Crippen molar-refractivity contribution in [2.24, 2.45) is 17.8 Å². The van der Waals surface area contributed by atoms with Crippen molar-refractivity contribution >= 4 is 17.4 Å². The monoisotopic (exact) mass is 382 g/mol. The molecule has 0 unspecified atom stereocenters. The molecule has 0 saturated heterocycles. The first-order valence-corrected chi connectivity index (χ1v) is 9.21. The molecule has 27 heavy (non-hydrogen) atoms. The van der Waals surface area contributed by atoms with E-state index in [0.717, 1.165) is 29.2 Å². The maximum Gasteiger partial charge on any atom is 0.146 e. The van der Waals surface area contributed by atoms with Gasteiger partial charge in [-0.1, -0.05) is 48.4 Å². The summed E-state index contributed by atoms with van der Waals surface area (Å²) in [6.07, 6.45) is 0.752. The Labute approximate surface area is 164 Å². The summed E-state index contributed by atoms with van der Waals surface area (Å²) >= 11 is 6.35. The van der Waals surface area contributed by atoms with Crippen LogP contribution in [0.15, 0.2) is 53.5 Å². The van der Waals surface area contributed by atoms with Crippen LogP contribution >= 0.6 is 11.6 Å². The van der Waals surface area contributed by atoms with Gasteiger partial charge in [-0.3, -0.25) is 9.67 Å². The van der Waals surface area contributed by atoms with E-state index >= 15 is 0 Å². The van der Waals surface area contributed by atoms with Crippen LogP contribution in [0.4, 0.5) is 0 Å². The summed E-state index contributed by atoms with van der Waals surface area (Å²) in [4.78, 5) is 4.47. The molecule has 0 bridgehead atoms. The summed E-state index contributed by atoms with van der Waals surface area (Å²) in [5.41, 5.74) is 9.85. The molecule has 0 aliphatic heterocycles. The van der Waals surface area contributed by atoms with Gasteiger partial charge in [0, 0.05) is 7.05 Å². The second-order valence-corrected chi connectivity index (χ2v) is 6.72. The number of benzene rings is 2. The molecule has 0 fully saturated rings. The SMILES string of the molecule is CCc1nn(C)c(C(N)=NCc2ccc(Oc3ccc(C)cc3)cc2)c1Cl. The lowest BCUT2D eigenvalue weighted by molar-refractivity contribution is 0.482. The van der Waals surface area contributed by atoms with Crippen LogP contribution in [-0.2, 0) is 20.0 Å². The predicted octanol–water partition coefficient (Wildman–Crippen LogP) is 4.64. The molecule has 2 N–H and O–H groups in total. The summed E-state index contributed by atoms with van der Waals surface area (Å²) in [5.74, 6) is 1.98. The highest BCUT2D eigenvalue weighted by Crippen LogP contribution is 2.23. The van der Waals surface area contributed by atoms with Crippen molar-refractivity contribution in [3.8, 4) is 11.5 Å². The number of halogens is 1. The van der Waals surface area contributed by atoms with Gasteiger partial charge in [-0.2, -0.15) is 5.10 Å². The molecule has 1 heterocycles. The van der Waals surface area contributed by atoms with Crippen LogP contribution < -0.4 is 10.5 Å². The van der Waals surface area contributed by atoms with E-state index in [-0.39, 0.29) is 0 Å². The largest absolute Gasteiger partial charge is 0.457 e. The van der Waals surface area contributed by atoms with Gasteiger partial charge in [-0.25, -0.2) is 0 Å². The van der Waals surface area contributed by atoms with Crippen molar-refractivity contribution in [1.82, 2.24) is 9.78 Å². The van der Waals surface area contributed by atoms with Crippen molar-refractivity contribution in [3.63, 3.8) is 0 Å². The van der Waals surface area contributed by atoms with Gasteiger partial charge in [0.25, 0.3) is 0 Å². The lowest BCUT2D eigenvalue weighted by atomic mass is 10.2. The molecule has 5 nitrogen and oxygen atoms in total. The topological polar surface area (TPSA) is 65.4 Å². The Morgan fingerprint density at radius 1 is 1.11 bits per heavy atom. The molecule has 0 spiro atoms. The minimum absolute atomic E-state index is 0.384. The number of hydrogen-bond acceptors (Lipinski definition) is 3. The summed E-state index contributed by atoms with van der Waals surface area (Å²) in [6, 6.07) is 15.8. The quantitative estimate of drug-likeness (QED) is 0.498. The summed E-state index contributed by atoms with van der Waals surface area (Å²) in [6.45, 7) is 4.51. The molecule has 140 valence electrons. The van der Waals surface area contributed by atoms with Gasteiger partial charge < -0.3 is 10.5 Å². The van der Waals surface area contributed by atoms with E-state index in [1.807, 2.05) is 69.4 Å². The lowest BCUT2D eigenvalue weighted by Gasteiger charge is -2.07. The van der Waals surface area contributed by atoms with Crippen molar-refractivity contribution in [3.05, 3.63) is 76.1 Å². The zero-order valence-corrected chi connectivity index (χ0v) is 16.5. The number of nitrogens with two attached hydrogens (primary N) is 1. The van der Waals surface area contributed by atoms with E-state index < -0.39 is 0 Å². The van der Waals surface area contributed by atoms with Crippen LogP contribution in [0.1, 0.15) is 29.4 Å². The Bertz CT molecular complexity index is 944. The van der Waals surface area contributed by atoms with Gasteiger partial charge in [0.1, 0.15) is 23.0 Å². The molecule has 3 aromatic rings. The van der Waals surface area contributed by atoms with Crippen LogP contribution in [0.5, 0.6) is 11.5 Å². The van der Waals surface area contributed by atoms with E-state index in [4.69, 9.17) is 22.1 Å². The molecule has 2 aromatic carbocycles. The van der Waals surface area contributed by atoms with Crippen LogP contribution in [-0.4, -0.2) is 15.6 Å². The maximum absolute atomic E-state index is 6.35. The number of ether oxygens (including phenoxy) is 1. The van der Waals surface area contributed by atoms with E-state index in [0.29, 0.717) is 23.1 Å². The van der Waals surface area contributed by atoms with Crippen molar-refractivity contribution in [2.45, 2.75) is 26.8 Å². The third-order valence-electron chi connectivity index (χ3n) is 4.25. The van der Waals surface area contributed by atoms with Crippen molar-refractivity contribution in [1.29, 1.82) is 0 Å². The minimum atomic E-state index is 0.384. The third kappa shape index (κ3) is 4.49. The van der Waals surface area contributed by atoms with Crippen molar-refractivity contribution < 1.29 is 4.74 Å². The molecule has 1 aromatic heterocycles. The van der Waals surface area contributed by atoms with Gasteiger partial charge in [0.2, 0.25) is 0 Å². The standard InChI is InChI=1S/C21H23ClN4O/c1-4-18-19(22)20(26(3)25-18)21(23)24-13-15-7-11-17(12-8-15)27-16-9-5-14(2)6-10-16/h5-12H,4,13H2,1-3H3,(H2,23,24). The summed E-state index contributed by atoms with van der Waals surface area (Å²) in [5, 5.41) is 4.94. The zero-order valence-electron chi connectivity index (χ0n) is 15.7. The van der Waals surface area contributed by atoms with Crippen LogP contribution in [0.2, 0.25) is 5.02 Å². The first-order valence-electron chi connectivity index (χ1n) is 8.83. The highest BCUT2D eigenvalue weighted by atomic mass is 35.5. The van der Waals surface area contributed by atoms with Crippen LogP contribution in [0.25, 0.3) is 0 Å². The van der Waals surface area contributed by atoms with Gasteiger partial charge in [0.15, 0.2) is 0 Å². The average Bonchev–Trinajstić information content (AvgIpc) is 2.96. The van der Waals surface area contributed by atoms with Crippen molar-refractivity contribution in [2.75, 3.05) is 0 Å². The molecular formula is C21H23ClN4O. The van der Waals surface area contributed by atoms with Gasteiger partial charge >= 0.3 is 0 Å². The molecule has 3 rings (SSSR count). The number of hydrogen-bond donors (Lipinski definition) is 1. The van der Waals surface area contributed by atoms with Crippen LogP contribution in [0.3, 0.4) is 0 Å². The second-order valence-electron chi connectivity index (χ2n) is 6.35. The Kier molecular flexibility index (Phi) is 5.81. The Balaban J connectivity index is 1.68. The second kappa shape index (κ2) is 8.27. The molecule has 6 heteroatoms. The van der Waals surface area contributed by atoms with Crippen LogP contribution in [0, 0.1) is 6.92 Å². The molecule has 0 radical (unpaired) electrons. The molecule has 0 amide bonds. The fourth-order valence-electron chi connectivity index (χ4n) is 2.71. The molecule has 0 atom stereocenters. The third-order valence-corrected chi connectivity index (χ3v) is 4.64. The van der Waals surface area contributed by atoms with Gasteiger partial charge in [-0.15, -0.1) is 0 Å². The first-order chi connectivity index (χ1) is 13.0. The molecule has 0 aliphatic carbocycles. The van der Waals surface area contributed by atoms with E-state index in [2.05, 4.69) is 10.1 Å². The van der Waals surface area contributed by atoms with E-state index in [1.165, 1.54) is 5.56 Å². The fourth-order valence-corrected chi connectivity index (χ4v) is 3.11. The summed E-state index contributed by atoms with van der Waals surface area (Å²) < 4.78 is 7.52. The highest BCUT2D eigenvalue weighted by Gasteiger charge is 2.15. The smallest absolute Gasteiger partial charge is 0.146 e. The highest BCUT2D eigenvalue weighted by molar-refractivity contribution is 6.34. The Morgan fingerprint density at radius 2 is 1.70 bits per heavy atom. The molecular weight excluding hydrogens is 360 g/mol. The number of aryl methyl sites for hydroxylation is 3. The minimum Gasteiger partial charge on any atom is -0.457 e. The summed E-state index contributed by atoms with van der Waals surface area (Å²) in [7, 11) is 1.82. The fraction of sp³-hybridized carbons (Fsp3) is 0.238. The normalized spacial score (nSPS) is 11.6. The molecule has 0 saturated carbocycles. The number of aliphatic imine (C=N–C) groups is 1. The number of amidine groups is 1. The van der Waals surface area contributed by atoms with E-state index in [1.54, 1.807) is 4.68 Å². The Morgan fingerprint density at radius 3 is 2.26 bits per heavy atom. The maximum atomic E-state index is 6.35. The Hall–Kier alpha value is -2.79.